The van der Waals surface area contributed by atoms with Crippen molar-refractivity contribution in [3.8, 4) is 11.5 Å². The van der Waals surface area contributed by atoms with E-state index in [1.54, 1.807) is 12.1 Å². The lowest BCUT2D eigenvalue weighted by molar-refractivity contribution is 0.481. The number of ether oxygens (including phenoxy) is 1. The predicted molar refractivity (Wildman–Crippen MR) is 83.7 cm³/mol. The lowest BCUT2D eigenvalue weighted by Gasteiger charge is -2.09. The molecule has 0 saturated heterocycles. The van der Waals surface area contributed by atoms with E-state index in [-0.39, 0.29) is 10.6 Å². The maximum atomic E-state index is 11.3. The fourth-order valence-electron chi connectivity index (χ4n) is 1.40. The summed E-state index contributed by atoms with van der Waals surface area (Å²) in [6, 6.07) is 8.87. The lowest BCUT2D eigenvalue weighted by atomic mass is 10.3. The highest BCUT2D eigenvalue weighted by molar-refractivity contribution is 9.10. The van der Waals surface area contributed by atoms with Gasteiger partial charge in [-0.25, -0.2) is 8.42 Å². The van der Waals surface area contributed by atoms with Gasteiger partial charge in [0.05, 0.1) is 14.9 Å². The summed E-state index contributed by atoms with van der Waals surface area (Å²) < 4.78 is 28.7. The van der Waals surface area contributed by atoms with E-state index in [2.05, 4.69) is 15.9 Å². The summed E-state index contributed by atoms with van der Waals surface area (Å²) in [5, 5.41) is 0.755. The SMILES string of the molecule is O=S(=O)(Cl)c1cccc(Oc2cc(Cl)c(Br)cc2Cl)c1. The van der Waals surface area contributed by atoms with Gasteiger partial charge in [-0.05, 0) is 34.1 Å². The maximum absolute atomic E-state index is 11.3. The molecule has 0 spiro atoms. The fourth-order valence-corrected chi connectivity index (χ4v) is 3.02. The molecule has 0 aliphatic rings. The van der Waals surface area contributed by atoms with E-state index >= 15 is 0 Å². The highest BCUT2D eigenvalue weighted by Gasteiger charge is 2.12. The summed E-state index contributed by atoms with van der Waals surface area (Å²) in [5.41, 5.74) is 0. The fraction of sp³-hybridized carbons (Fsp3) is 0. The Hall–Kier alpha value is -0.460. The molecule has 0 bridgehead atoms. The second-order valence-corrected chi connectivity index (χ2v) is 7.95. The van der Waals surface area contributed by atoms with Gasteiger partial charge in [0.25, 0.3) is 9.05 Å². The molecular formula is C12H6BrCl3O3S. The van der Waals surface area contributed by atoms with E-state index < -0.39 is 9.05 Å². The van der Waals surface area contributed by atoms with E-state index in [9.17, 15) is 8.42 Å². The molecule has 2 rings (SSSR count). The Labute approximate surface area is 139 Å². The molecule has 0 saturated carbocycles. The van der Waals surface area contributed by atoms with Crippen LogP contribution in [0.15, 0.2) is 45.8 Å². The number of hydrogen-bond donors (Lipinski definition) is 0. The van der Waals surface area contributed by atoms with Gasteiger partial charge < -0.3 is 4.74 Å². The minimum atomic E-state index is -3.82. The Bertz CT molecular complexity index is 763. The van der Waals surface area contributed by atoms with Crippen molar-refractivity contribution in [2.45, 2.75) is 4.90 Å². The zero-order valence-electron chi connectivity index (χ0n) is 9.61. The largest absolute Gasteiger partial charge is 0.456 e. The van der Waals surface area contributed by atoms with Gasteiger partial charge in [0, 0.05) is 27.3 Å². The van der Waals surface area contributed by atoms with Crippen LogP contribution < -0.4 is 4.74 Å². The molecule has 0 amide bonds. The first-order valence-electron chi connectivity index (χ1n) is 5.14. The van der Waals surface area contributed by atoms with Crippen LogP contribution in [-0.2, 0) is 9.05 Å². The first kappa shape index (κ1) is 15.9. The van der Waals surface area contributed by atoms with Crippen LogP contribution in [0.5, 0.6) is 11.5 Å². The van der Waals surface area contributed by atoms with Crippen LogP contribution in [0, 0.1) is 0 Å². The molecule has 0 radical (unpaired) electrons. The van der Waals surface area contributed by atoms with Crippen molar-refractivity contribution in [2.75, 3.05) is 0 Å². The molecule has 2 aromatic rings. The summed E-state index contributed by atoms with van der Waals surface area (Å²) >= 11 is 15.2. The van der Waals surface area contributed by atoms with E-state index in [1.165, 1.54) is 24.3 Å². The quantitative estimate of drug-likeness (QED) is 0.492. The molecule has 0 aromatic heterocycles. The Kier molecular flexibility index (Phi) is 4.87. The molecule has 0 atom stereocenters. The molecular weight excluding hydrogens is 410 g/mol. The van der Waals surface area contributed by atoms with E-state index in [0.29, 0.717) is 20.3 Å². The molecule has 8 heteroatoms. The van der Waals surface area contributed by atoms with Crippen molar-refractivity contribution in [2.24, 2.45) is 0 Å². The Balaban J connectivity index is 2.38. The third-order valence-electron chi connectivity index (χ3n) is 2.29. The van der Waals surface area contributed by atoms with Crippen LogP contribution >= 0.6 is 49.8 Å². The number of halogens is 4. The molecule has 0 fully saturated rings. The van der Waals surface area contributed by atoms with Crippen molar-refractivity contribution in [3.05, 3.63) is 50.9 Å². The normalized spacial score (nSPS) is 11.4. The van der Waals surface area contributed by atoms with Crippen molar-refractivity contribution >= 4 is 58.9 Å². The van der Waals surface area contributed by atoms with Gasteiger partial charge in [-0.15, -0.1) is 0 Å². The maximum Gasteiger partial charge on any atom is 0.261 e. The number of hydrogen-bond acceptors (Lipinski definition) is 3. The van der Waals surface area contributed by atoms with Crippen LogP contribution in [0.4, 0.5) is 0 Å². The van der Waals surface area contributed by atoms with Crippen molar-refractivity contribution in [3.63, 3.8) is 0 Å². The molecule has 0 aliphatic carbocycles. The van der Waals surface area contributed by atoms with Crippen LogP contribution in [0.1, 0.15) is 0 Å². The van der Waals surface area contributed by atoms with Gasteiger partial charge in [-0.1, -0.05) is 29.3 Å². The van der Waals surface area contributed by atoms with Crippen molar-refractivity contribution < 1.29 is 13.2 Å². The van der Waals surface area contributed by atoms with E-state index in [1.807, 2.05) is 0 Å². The zero-order chi connectivity index (χ0) is 14.9. The highest BCUT2D eigenvalue weighted by atomic mass is 79.9. The Morgan fingerprint density at radius 3 is 2.40 bits per heavy atom. The zero-order valence-corrected chi connectivity index (χ0v) is 14.3. The molecule has 0 heterocycles. The van der Waals surface area contributed by atoms with Gasteiger partial charge in [-0.3, -0.25) is 0 Å². The van der Waals surface area contributed by atoms with Crippen LogP contribution in [0.2, 0.25) is 10.0 Å². The average Bonchev–Trinajstić information content (AvgIpc) is 2.35. The van der Waals surface area contributed by atoms with Gasteiger partial charge in [0.15, 0.2) is 0 Å². The summed E-state index contributed by atoms with van der Waals surface area (Å²) in [5.74, 6) is 0.594. The predicted octanol–water partition coefficient (Wildman–Crippen LogP) is 5.48. The van der Waals surface area contributed by atoms with Crippen molar-refractivity contribution in [1.29, 1.82) is 0 Å². The summed E-state index contributed by atoms with van der Waals surface area (Å²) in [4.78, 5) is -0.0593. The van der Waals surface area contributed by atoms with Crippen LogP contribution in [0.25, 0.3) is 0 Å². The Morgan fingerprint density at radius 1 is 1.05 bits per heavy atom. The van der Waals surface area contributed by atoms with Crippen molar-refractivity contribution in [1.82, 2.24) is 0 Å². The second kappa shape index (κ2) is 6.12. The summed E-state index contributed by atoms with van der Waals surface area (Å²) in [7, 11) is 1.46. The third kappa shape index (κ3) is 3.80. The Morgan fingerprint density at radius 2 is 1.75 bits per heavy atom. The minimum Gasteiger partial charge on any atom is -0.456 e. The van der Waals surface area contributed by atoms with E-state index in [0.717, 1.165) is 0 Å². The second-order valence-electron chi connectivity index (χ2n) is 3.71. The minimum absolute atomic E-state index is 0.0593. The van der Waals surface area contributed by atoms with Crippen LogP contribution in [-0.4, -0.2) is 8.42 Å². The summed E-state index contributed by atoms with van der Waals surface area (Å²) in [6.07, 6.45) is 0. The first-order chi connectivity index (χ1) is 9.27. The standard InChI is InChI=1S/C12H6BrCl3O3S/c13-9-5-11(15)12(6-10(9)14)19-7-2-1-3-8(4-7)20(16,17)18/h1-6H. The third-order valence-corrected chi connectivity index (χ3v) is 5.13. The number of rotatable bonds is 3. The lowest BCUT2D eigenvalue weighted by Crippen LogP contribution is -1.92. The molecule has 20 heavy (non-hydrogen) atoms. The van der Waals surface area contributed by atoms with E-state index in [4.69, 9.17) is 38.6 Å². The molecule has 106 valence electrons. The van der Waals surface area contributed by atoms with Gasteiger partial charge in [0.2, 0.25) is 0 Å². The van der Waals surface area contributed by atoms with Gasteiger partial charge >= 0.3 is 0 Å². The first-order valence-corrected chi connectivity index (χ1v) is 9.00. The monoisotopic (exact) mass is 414 g/mol. The summed E-state index contributed by atoms with van der Waals surface area (Å²) in [6.45, 7) is 0. The van der Waals surface area contributed by atoms with Gasteiger partial charge in [0.1, 0.15) is 11.5 Å². The molecule has 3 nitrogen and oxygen atoms in total. The smallest absolute Gasteiger partial charge is 0.261 e. The molecule has 0 unspecified atom stereocenters. The van der Waals surface area contributed by atoms with Gasteiger partial charge in [-0.2, -0.15) is 0 Å². The highest BCUT2D eigenvalue weighted by Crippen LogP contribution is 2.36. The molecule has 2 aromatic carbocycles. The molecule has 0 aliphatic heterocycles. The average molecular weight is 417 g/mol. The van der Waals surface area contributed by atoms with Crippen LogP contribution in [0.3, 0.4) is 0 Å². The number of benzene rings is 2. The topological polar surface area (TPSA) is 43.4 Å². The molecule has 0 N–H and O–H groups in total.